The lowest BCUT2D eigenvalue weighted by atomic mass is 9.94. The van der Waals surface area contributed by atoms with Crippen molar-refractivity contribution in [2.75, 3.05) is 0 Å². The Labute approximate surface area is 84.5 Å². The van der Waals surface area contributed by atoms with Crippen molar-refractivity contribution in [2.24, 2.45) is 5.73 Å². The zero-order valence-corrected chi connectivity index (χ0v) is 7.59. The summed E-state index contributed by atoms with van der Waals surface area (Å²) >= 11 is 0. The van der Waals surface area contributed by atoms with Crippen molar-refractivity contribution >= 4 is 5.97 Å². The SMILES string of the molecule is N[C@H]1C(O)O[C@H]([C@H](O)C(=O)O)[C@H](O)[C@H]1O. The van der Waals surface area contributed by atoms with E-state index in [1.54, 1.807) is 0 Å². The predicted molar refractivity (Wildman–Crippen MR) is 44.5 cm³/mol. The van der Waals surface area contributed by atoms with E-state index in [9.17, 15) is 15.0 Å². The standard InChI is InChI=1S/C7H13NO7/c8-1-2(9)3(10)5(15-7(1)14)4(11)6(12)13/h1-5,7,9-11,14H,8H2,(H,12,13)/t1-,2+,3-,4+,5+,7?/m1/s1. The van der Waals surface area contributed by atoms with Gasteiger partial charge in [0, 0.05) is 0 Å². The van der Waals surface area contributed by atoms with Gasteiger partial charge in [-0.15, -0.1) is 0 Å². The van der Waals surface area contributed by atoms with Gasteiger partial charge in [-0.25, -0.2) is 4.79 Å². The first kappa shape index (κ1) is 12.3. The molecule has 1 fully saturated rings. The molecule has 1 aliphatic rings. The van der Waals surface area contributed by atoms with Crippen LogP contribution in [0.4, 0.5) is 0 Å². The van der Waals surface area contributed by atoms with Crippen molar-refractivity contribution in [1.82, 2.24) is 0 Å². The molecule has 0 aliphatic carbocycles. The van der Waals surface area contributed by atoms with Crippen molar-refractivity contribution in [3.05, 3.63) is 0 Å². The molecule has 0 aromatic carbocycles. The second kappa shape index (κ2) is 4.39. The van der Waals surface area contributed by atoms with Crippen LogP contribution in [-0.2, 0) is 9.53 Å². The van der Waals surface area contributed by atoms with E-state index in [-0.39, 0.29) is 0 Å². The average Bonchev–Trinajstić information content (AvgIpc) is 2.19. The monoisotopic (exact) mass is 223 g/mol. The second-order valence-corrected chi connectivity index (χ2v) is 3.33. The molecule has 1 heterocycles. The van der Waals surface area contributed by atoms with E-state index in [0.717, 1.165) is 0 Å². The second-order valence-electron chi connectivity index (χ2n) is 3.33. The summed E-state index contributed by atoms with van der Waals surface area (Å²) in [6.07, 6.45) is -8.53. The van der Waals surface area contributed by atoms with Crippen molar-refractivity contribution < 1.29 is 35.1 Å². The lowest BCUT2D eigenvalue weighted by molar-refractivity contribution is -0.261. The number of aliphatic hydroxyl groups excluding tert-OH is 4. The van der Waals surface area contributed by atoms with Gasteiger partial charge in [-0.05, 0) is 0 Å². The minimum Gasteiger partial charge on any atom is -0.479 e. The van der Waals surface area contributed by atoms with Crippen LogP contribution >= 0.6 is 0 Å². The number of carboxylic acid groups (broad SMARTS) is 1. The molecule has 0 aromatic heterocycles. The third kappa shape index (κ3) is 2.25. The smallest absolute Gasteiger partial charge is 0.335 e. The van der Waals surface area contributed by atoms with Crippen molar-refractivity contribution in [3.63, 3.8) is 0 Å². The molecule has 1 aliphatic heterocycles. The Kier molecular flexibility index (Phi) is 3.60. The molecule has 1 unspecified atom stereocenters. The number of hydrogen-bond donors (Lipinski definition) is 6. The molecule has 0 amide bonds. The maximum atomic E-state index is 10.4. The molecule has 0 bridgehead atoms. The normalized spacial score (nSPS) is 43.7. The summed E-state index contributed by atoms with van der Waals surface area (Å²) in [6, 6.07) is -1.25. The average molecular weight is 223 g/mol. The highest BCUT2D eigenvalue weighted by atomic mass is 16.6. The molecule has 15 heavy (non-hydrogen) atoms. The van der Waals surface area contributed by atoms with Crippen molar-refractivity contribution in [3.8, 4) is 0 Å². The molecule has 88 valence electrons. The number of ether oxygens (including phenoxy) is 1. The zero-order valence-electron chi connectivity index (χ0n) is 7.59. The molecule has 1 rings (SSSR count). The van der Waals surface area contributed by atoms with Crippen LogP contribution < -0.4 is 5.73 Å². The number of aliphatic hydroxyl groups is 4. The quantitative estimate of drug-likeness (QED) is 0.278. The molecule has 8 heteroatoms. The van der Waals surface area contributed by atoms with Gasteiger partial charge >= 0.3 is 5.97 Å². The molecule has 0 spiro atoms. The maximum Gasteiger partial charge on any atom is 0.335 e. The van der Waals surface area contributed by atoms with E-state index in [1.807, 2.05) is 0 Å². The van der Waals surface area contributed by atoms with Gasteiger partial charge in [0.05, 0.1) is 6.04 Å². The first-order valence-corrected chi connectivity index (χ1v) is 4.22. The van der Waals surface area contributed by atoms with Crippen LogP contribution in [0.5, 0.6) is 0 Å². The third-order valence-electron chi connectivity index (χ3n) is 2.27. The number of aliphatic carboxylic acids is 1. The van der Waals surface area contributed by atoms with Gasteiger partial charge in [-0.1, -0.05) is 0 Å². The van der Waals surface area contributed by atoms with Gasteiger partial charge in [0.2, 0.25) is 0 Å². The van der Waals surface area contributed by atoms with Crippen LogP contribution in [0.3, 0.4) is 0 Å². The van der Waals surface area contributed by atoms with E-state index in [1.165, 1.54) is 0 Å². The van der Waals surface area contributed by atoms with E-state index in [4.69, 9.17) is 21.1 Å². The van der Waals surface area contributed by atoms with Crippen molar-refractivity contribution in [2.45, 2.75) is 36.7 Å². The Morgan fingerprint density at radius 3 is 2.27 bits per heavy atom. The summed E-state index contributed by atoms with van der Waals surface area (Å²) in [5.74, 6) is -1.63. The third-order valence-corrected chi connectivity index (χ3v) is 2.27. The van der Waals surface area contributed by atoms with Gasteiger partial charge in [0.1, 0.15) is 18.3 Å². The molecule has 6 atom stereocenters. The summed E-state index contributed by atoms with van der Waals surface area (Å²) in [4.78, 5) is 10.4. The molecule has 0 aromatic rings. The van der Waals surface area contributed by atoms with Gasteiger partial charge in [0.25, 0.3) is 0 Å². The Morgan fingerprint density at radius 1 is 1.27 bits per heavy atom. The minimum atomic E-state index is -2.04. The van der Waals surface area contributed by atoms with Crippen LogP contribution in [-0.4, -0.2) is 68.2 Å². The molecule has 0 saturated carbocycles. The molecule has 7 N–H and O–H groups in total. The van der Waals surface area contributed by atoms with E-state index in [2.05, 4.69) is 4.74 Å². The van der Waals surface area contributed by atoms with Gasteiger partial charge in [-0.2, -0.15) is 0 Å². The zero-order chi connectivity index (χ0) is 11.7. The largest absolute Gasteiger partial charge is 0.479 e. The summed E-state index contributed by atoms with van der Waals surface area (Å²) < 4.78 is 4.59. The number of hydrogen-bond acceptors (Lipinski definition) is 7. The molecule has 1 saturated heterocycles. The lowest BCUT2D eigenvalue weighted by Crippen LogP contribution is -2.64. The Balaban J connectivity index is 2.78. The fraction of sp³-hybridized carbons (Fsp3) is 0.857. The maximum absolute atomic E-state index is 10.4. The first-order chi connectivity index (χ1) is 6.86. The van der Waals surface area contributed by atoms with Crippen molar-refractivity contribution in [1.29, 1.82) is 0 Å². The highest BCUT2D eigenvalue weighted by Crippen LogP contribution is 2.21. The number of carboxylic acids is 1. The number of carbonyl (C=O) groups is 1. The molecular formula is C7H13NO7. The minimum absolute atomic E-state index is 1.25. The summed E-state index contributed by atoms with van der Waals surface area (Å²) in [5, 5.41) is 45.3. The highest BCUT2D eigenvalue weighted by Gasteiger charge is 2.46. The Hall–Kier alpha value is -0.770. The van der Waals surface area contributed by atoms with E-state index < -0.39 is 42.7 Å². The van der Waals surface area contributed by atoms with Gasteiger partial charge < -0.3 is 36.0 Å². The van der Waals surface area contributed by atoms with Gasteiger partial charge in [-0.3, -0.25) is 0 Å². The summed E-state index contributed by atoms with van der Waals surface area (Å²) in [5.41, 5.74) is 5.24. The van der Waals surface area contributed by atoms with Crippen LogP contribution in [0, 0.1) is 0 Å². The van der Waals surface area contributed by atoms with Crippen LogP contribution in [0.25, 0.3) is 0 Å². The summed E-state index contributed by atoms with van der Waals surface area (Å²) in [6.45, 7) is 0. The topological polar surface area (TPSA) is 153 Å². The van der Waals surface area contributed by atoms with Crippen LogP contribution in [0.1, 0.15) is 0 Å². The fourth-order valence-electron chi connectivity index (χ4n) is 1.32. The molecule has 8 nitrogen and oxygen atoms in total. The Bertz CT molecular complexity index is 247. The fourth-order valence-corrected chi connectivity index (χ4v) is 1.32. The van der Waals surface area contributed by atoms with E-state index >= 15 is 0 Å². The van der Waals surface area contributed by atoms with Crippen LogP contribution in [0.2, 0.25) is 0 Å². The predicted octanol–water partition coefficient (Wildman–Crippen LogP) is -3.80. The molecular weight excluding hydrogens is 210 g/mol. The van der Waals surface area contributed by atoms with E-state index in [0.29, 0.717) is 0 Å². The summed E-state index contributed by atoms with van der Waals surface area (Å²) in [7, 11) is 0. The first-order valence-electron chi connectivity index (χ1n) is 4.22. The number of nitrogens with two attached hydrogens (primary N) is 1. The number of rotatable bonds is 2. The highest BCUT2D eigenvalue weighted by molar-refractivity contribution is 5.72. The Morgan fingerprint density at radius 2 is 1.80 bits per heavy atom. The van der Waals surface area contributed by atoms with Crippen LogP contribution in [0.15, 0.2) is 0 Å². The van der Waals surface area contributed by atoms with Gasteiger partial charge in [0.15, 0.2) is 12.4 Å². The molecule has 0 radical (unpaired) electrons. The lowest BCUT2D eigenvalue weighted by Gasteiger charge is -2.39.